The Bertz CT molecular complexity index is 137. The van der Waals surface area contributed by atoms with Gasteiger partial charge in [-0.05, 0) is 0 Å². The van der Waals surface area contributed by atoms with Gasteiger partial charge >= 0.3 is 56.4 Å². The predicted octanol–water partition coefficient (Wildman–Crippen LogP) is 2.31. The average Bonchev–Trinajstić information content (AvgIpc) is 1.32. The molecule has 0 N–H and O–H groups in total. The first-order valence-electron chi connectivity index (χ1n) is 0.982. The monoisotopic (exact) mass is 268 g/mol. The van der Waals surface area contributed by atoms with Crippen molar-refractivity contribution >= 4 is 37.7 Å². The molecule has 0 saturated carbocycles. The fourth-order valence-electron chi connectivity index (χ4n) is 0. The van der Waals surface area contributed by atoms with E-state index in [1.54, 1.807) is 0 Å². The predicted molar refractivity (Wildman–Crippen MR) is 28.9 cm³/mol. The maximum absolute atomic E-state index is 9.46. The molecule has 0 fully saturated rings. The zero-order valence-electron chi connectivity index (χ0n) is 2.78. The van der Waals surface area contributed by atoms with Crippen molar-refractivity contribution in [3.05, 3.63) is 4.91 Å². The van der Waals surface area contributed by atoms with E-state index in [-0.39, 0.29) is 0 Å². The van der Waals surface area contributed by atoms with E-state index in [1.165, 1.54) is 0 Å². The zero-order valence-corrected chi connectivity index (χ0v) is 7.81. The van der Waals surface area contributed by atoms with E-state index < -0.39 is 10.5 Å². The van der Waals surface area contributed by atoms with E-state index in [0.29, 0.717) is 0 Å². The molecule has 0 unspecified atom stereocenters. The Morgan fingerprint density at radius 3 is 1.29 bits per heavy atom. The minimum absolute atomic E-state index is 2.16. The van der Waals surface area contributed by atoms with Gasteiger partial charge in [0.2, 0.25) is 0 Å². The van der Waals surface area contributed by atoms with Crippen molar-refractivity contribution in [2.45, 2.75) is 0 Å². The molecule has 0 bridgehead atoms. The van der Waals surface area contributed by atoms with Crippen LogP contribution in [0.5, 0.6) is 0 Å². The van der Waals surface area contributed by atoms with Gasteiger partial charge in [0, 0.05) is 0 Å². The van der Waals surface area contributed by atoms with Crippen LogP contribution in [-0.2, 0) is 10.5 Å². The summed E-state index contributed by atoms with van der Waals surface area (Å²) in [6.07, 6.45) is 0. The first-order valence-corrected chi connectivity index (χ1v) is 12.2. The van der Waals surface area contributed by atoms with Crippen LogP contribution in [0.4, 0.5) is 0 Å². The fraction of sp³-hybridized carbons (Fsp3) is 0. The van der Waals surface area contributed by atoms with Crippen molar-refractivity contribution in [3.63, 3.8) is 0 Å². The van der Waals surface area contributed by atoms with Crippen molar-refractivity contribution in [1.82, 2.24) is 3.36 Å². The molecule has 0 amide bonds. The third-order valence-corrected chi connectivity index (χ3v) is 2.00. The number of nitrogens with zero attached hydrogens (tertiary/aromatic N) is 1. The average molecular weight is 268 g/mol. The van der Waals surface area contributed by atoms with Gasteiger partial charge in [-0.1, -0.05) is 0 Å². The molecule has 0 aromatic carbocycles. The summed E-state index contributed by atoms with van der Waals surface area (Å²) in [6.45, 7) is 0. The Hall–Kier alpha value is 1.36. The third kappa shape index (κ3) is 7.36. The van der Waals surface area contributed by atoms with Crippen LogP contribution >= 0.6 is 37.7 Å². The third-order valence-electron chi connectivity index (χ3n) is 0.113. The second-order valence-electron chi connectivity index (χ2n) is 0.700. The van der Waals surface area contributed by atoms with Gasteiger partial charge < -0.3 is 0 Å². The Kier molecular flexibility index (Phi) is 2.33. The fourth-order valence-corrected chi connectivity index (χ4v) is 0. The summed E-state index contributed by atoms with van der Waals surface area (Å²) in [5.74, 6) is 0. The van der Waals surface area contributed by atoms with E-state index in [0.717, 1.165) is 0 Å². The van der Waals surface area contributed by atoms with Crippen LogP contribution in [0.3, 0.4) is 0 Å². The Labute approximate surface area is 56.1 Å². The second kappa shape index (κ2) is 1.95. The van der Waals surface area contributed by atoms with Crippen molar-refractivity contribution < 1.29 is 10.5 Å². The molecular weight excluding hydrogens is 268 g/mol. The van der Waals surface area contributed by atoms with Gasteiger partial charge in [0.05, 0.1) is 0 Å². The Balaban J connectivity index is 4.86. The minimum atomic E-state index is -4.71. The van der Waals surface area contributed by atoms with E-state index >= 15 is 0 Å². The van der Waals surface area contributed by atoms with Gasteiger partial charge in [0.1, 0.15) is 0 Å². The normalized spacial score (nSPS) is 16.9. The number of hydrogen-bond donors (Lipinski definition) is 0. The van der Waals surface area contributed by atoms with Crippen LogP contribution in [0.25, 0.3) is 0 Å². The van der Waals surface area contributed by atoms with E-state index in [9.17, 15) is 4.91 Å². The van der Waals surface area contributed by atoms with Crippen LogP contribution in [0.1, 0.15) is 0 Å². The number of rotatable bonds is 0. The van der Waals surface area contributed by atoms with E-state index in [4.69, 9.17) is 37.7 Å². The number of halogens is 4. The standard InChI is InChI=1S/4ClH.Mo.NO/c;;;;;1-2/h4*1H;;/q;;;;+6;-1/p-4. The second-order valence-corrected chi connectivity index (χ2v) is 24.0. The topological polar surface area (TPSA) is 31.2 Å². The van der Waals surface area contributed by atoms with Gasteiger partial charge in [-0.15, -0.1) is 0 Å². The summed E-state index contributed by atoms with van der Waals surface area (Å²) in [5.41, 5.74) is 0. The van der Waals surface area contributed by atoms with Crippen LogP contribution in [0.2, 0.25) is 0 Å². The molecule has 0 aromatic heterocycles. The summed E-state index contributed by atoms with van der Waals surface area (Å²) >= 11 is 0. The quantitative estimate of drug-likeness (QED) is 0.489. The summed E-state index contributed by atoms with van der Waals surface area (Å²) < 4.78 is 2.16. The molecule has 0 aliphatic carbocycles. The van der Waals surface area contributed by atoms with Crippen LogP contribution in [0.15, 0.2) is 0 Å². The van der Waals surface area contributed by atoms with Crippen molar-refractivity contribution in [2.24, 2.45) is 0 Å². The molecule has 0 atom stereocenters. The summed E-state index contributed by atoms with van der Waals surface area (Å²) in [6, 6.07) is 0. The van der Waals surface area contributed by atoms with Gasteiger partial charge in [0.25, 0.3) is 0 Å². The molecule has 2 nitrogen and oxygen atoms in total. The first-order chi connectivity index (χ1) is 2.81. The molecule has 0 radical (unpaired) electrons. The van der Waals surface area contributed by atoms with Crippen molar-refractivity contribution in [1.29, 1.82) is 0 Å². The Morgan fingerprint density at radius 1 is 1.14 bits per heavy atom. The number of nitroso groups, excluding NO2 is 1. The summed E-state index contributed by atoms with van der Waals surface area (Å²) in [4.78, 5) is 9.46. The molecule has 0 aliphatic rings. The van der Waals surface area contributed by atoms with E-state index in [1.807, 2.05) is 0 Å². The summed E-state index contributed by atoms with van der Waals surface area (Å²) in [7, 11) is 15.2. The SMILES string of the molecule is O=[N+]=[Mo]([Cl])([Cl])([Cl])[Cl]. The van der Waals surface area contributed by atoms with Gasteiger partial charge in [-0.3, -0.25) is 0 Å². The molecule has 0 aromatic rings. The molecule has 0 heterocycles. The molecule has 0 saturated heterocycles. The van der Waals surface area contributed by atoms with Gasteiger partial charge in [0.15, 0.2) is 0 Å². The van der Waals surface area contributed by atoms with Crippen LogP contribution < -0.4 is 3.36 Å². The van der Waals surface area contributed by atoms with Crippen molar-refractivity contribution in [2.75, 3.05) is 0 Å². The molecule has 44 valence electrons. The van der Waals surface area contributed by atoms with Gasteiger partial charge in [-0.2, -0.15) is 0 Å². The van der Waals surface area contributed by atoms with Crippen molar-refractivity contribution in [3.8, 4) is 0 Å². The van der Waals surface area contributed by atoms with Crippen LogP contribution in [0, 0.1) is 4.91 Å². The molecular formula is Cl4MoNO+. The molecule has 0 spiro atoms. The maximum atomic E-state index is 9.46. The van der Waals surface area contributed by atoms with Gasteiger partial charge in [-0.25, -0.2) is 0 Å². The zero-order chi connectivity index (χ0) is 6.15. The van der Waals surface area contributed by atoms with Crippen LogP contribution in [-0.4, -0.2) is 0 Å². The molecule has 0 aliphatic heterocycles. The number of hydrogen-bond acceptors (Lipinski definition) is 1. The molecule has 7 heavy (non-hydrogen) atoms. The van der Waals surface area contributed by atoms with E-state index in [2.05, 4.69) is 3.36 Å². The Morgan fingerprint density at radius 2 is 1.29 bits per heavy atom. The molecule has 7 heteroatoms. The molecule has 0 rings (SSSR count). The summed E-state index contributed by atoms with van der Waals surface area (Å²) in [5, 5.41) is 0. The first kappa shape index (κ1) is 8.36.